The number of amides is 1. The molecule has 0 aliphatic rings. The minimum absolute atomic E-state index is 0.0442. The lowest BCUT2D eigenvalue weighted by Gasteiger charge is -2.17. The lowest BCUT2D eigenvalue weighted by molar-refractivity contribution is -0.121. The molecule has 5 nitrogen and oxygen atoms in total. The van der Waals surface area contributed by atoms with Gasteiger partial charge < -0.3 is 5.32 Å². The molecular formula is C16H25FN2O3S. The fourth-order valence-corrected chi connectivity index (χ4v) is 3.17. The number of sulfonamides is 1. The summed E-state index contributed by atoms with van der Waals surface area (Å²) in [5, 5.41) is 2.82. The second-order valence-electron chi connectivity index (χ2n) is 5.92. The number of hydrogen-bond acceptors (Lipinski definition) is 3. The first-order valence-electron chi connectivity index (χ1n) is 7.72. The lowest BCUT2D eigenvalue weighted by Crippen LogP contribution is -2.30. The molecule has 1 N–H and O–H groups in total. The second-order valence-corrected chi connectivity index (χ2v) is 7.96. The van der Waals surface area contributed by atoms with Gasteiger partial charge in [-0.2, -0.15) is 0 Å². The first-order valence-corrected chi connectivity index (χ1v) is 9.16. The summed E-state index contributed by atoms with van der Waals surface area (Å²) >= 11 is 0. The van der Waals surface area contributed by atoms with Gasteiger partial charge in [0.2, 0.25) is 15.9 Å². The van der Waals surface area contributed by atoms with Gasteiger partial charge in [0.05, 0.1) is 4.90 Å². The normalized spacial score (nSPS) is 11.9. The number of nitrogens with one attached hydrogen (secondary N) is 1. The van der Waals surface area contributed by atoms with Crippen LogP contribution < -0.4 is 5.32 Å². The Balaban J connectivity index is 2.42. The van der Waals surface area contributed by atoms with E-state index >= 15 is 0 Å². The van der Waals surface area contributed by atoms with E-state index in [9.17, 15) is 17.6 Å². The molecule has 130 valence electrons. The maximum absolute atomic E-state index is 12.9. The third kappa shape index (κ3) is 6.66. The predicted molar refractivity (Wildman–Crippen MR) is 87.9 cm³/mol. The Bertz CT molecular complexity index is 600. The largest absolute Gasteiger partial charge is 0.356 e. The minimum Gasteiger partial charge on any atom is -0.356 e. The van der Waals surface area contributed by atoms with Crippen LogP contribution >= 0.6 is 0 Å². The van der Waals surface area contributed by atoms with Gasteiger partial charge in [0, 0.05) is 26.6 Å². The van der Waals surface area contributed by atoms with Crippen LogP contribution in [-0.2, 0) is 14.8 Å². The average molecular weight is 344 g/mol. The summed E-state index contributed by atoms with van der Waals surface area (Å²) in [4.78, 5) is 11.7. The zero-order valence-corrected chi connectivity index (χ0v) is 14.7. The molecule has 0 atom stereocenters. The fraction of sp³-hybridized carbons (Fsp3) is 0.562. The number of rotatable bonds is 9. The second kappa shape index (κ2) is 8.98. The summed E-state index contributed by atoms with van der Waals surface area (Å²) in [6.45, 7) is 5.04. The predicted octanol–water partition coefficient (Wildman–Crippen LogP) is 2.39. The fourth-order valence-electron chi connectivity index (χ4n) is 1.96. The van der Waals surface area contributed by atoms with E-state index in [-0.39, 0.29) is 23.8 Å². The van der Waals surface area contributed by atoms with Crippen LogP contribution in [0.3, 0.4) is 0 Å². The Hall–Kier alpha value is -1.47. The molecule has 0 saturated heterocycles. The summed E-state index contributed by atoms with van der Waals surface area (Å²) in [5.74, 6) is -0.0230. The van der Waals surface area contributed by atoms with E-state index in [0.717, 1.165) is 18.6 Å². The topological polar surface area (TPSA) is 66.5 Å². The highest BCUT2D eigenvalue weighted by Gasteiger charge is 2.20. The number of nitrogens with zero attached hydrogens (tertiary/aromatic N) is 1. The van der Waals surface area contributed by atoms with Crippen molar-refractivity contribution in [2.45, 2.75) is 38.0 Å². The highest BCUT2D eigenvalue weighted by Crippen LogP contribution is 2.15. The molecule has 1 amide bonds. The molecule has 0 aliphatic heterocycles. The van der Waals surface area contributed by atoms with Crippen molar-refractivity contribution in [1.29, 1.82) is 0 Å². The van der Waals surface area contributed by atoms with Crippen LogP contribution in [-0.4, -0.2) is 38.8 Å². The molecule has 0 aliphatic carbocycles. The van der Waals surface area contributed by atoms with Crippen molar-refractivity contribution in [3.8, 4) is 0 Å². The van der Waals surface area contributed by atoms with Crippen molar-refractivity contribution in [1.82, 2.24) is 9.62 Å². The van der Waals surface area contributed by atoms with E-state index in [2.05, 4.69) is 19.2 Å². The van der Waals surface area contributed by atoms with E-state index < -0.39 is 15.8 Å². The van der Waals surface area contributed by atoms with Gasteiger partial charge in [-0.25, -0.2) is 17.1 Å². The third-order valence-electron chi connectivity index (χ3n) is 3.44. The Morgan fingerprint density at radius 1 is 1.26 bits per heavy atom. The first kappa shape index (κ1) is 19.6. The number of halogens is 1. The monoisotopic (exact) mass is 344 g/mol. The van der Waals surface area contributed by atoms with Crippen LogP contribution in [0.5, 0.6) is 0 Å². The van der Waals surface area contributed by atoms with E-state index in [1.165, 1.54) is 23.5 Å². The zero-order valence-electron chi connectivity index (χ0n) is 13.9. The smallest absolute Gasteiger partial charge is 0.242 e. The molecule has 0 spiro atoms. The van der Waals surface area contributed by atoms with Crippen molar-refractivity contribution < 1.29 is 17.6 Å². The van der Waals surface area contributed by atoms with Crippen molar-refractivity contribution in [3.05, 3.63) is 30.1 Å². The van der Waals surface area contributed by atoms with Crippen LogP contribution in [0.4, 0.5) is 4.39 Å². The molecule has 0 heterocycles. The van der Waals surface area contributed by atoms with E-state index in [1.807, 2.05) is 0 Å². The number of carbonyl (C=O) groups is 1. The molecular weight excluding hydrogens is 319 g/mol. The Kier molecular flexibility index (Phi) is 7.64. The number of benzene rings is 1. The minimum atomic E-state index is -3.65. The van der Waals surface area contributed by atoms with E-state index in [1.54, 1.807) is 0 Å². The quantitative estimate of drug-likeness (QED) is 0.748. The maximum atomic E-state index is 12.9. The Morgan fingerprint density at radius 2 is 1.87 bits per heavy atom. The SMILES string of the molecule is CC(C)CCNC(=O)CCCN(C)S(=O)(=O)c1ccc(F)cc1. The third-order valence-corrected chi connectivity index (χ3v) is 5.31. The molecule has 1 rings (SSSR count). The molecule has 1 aromatic rings. The van der Waals surface area contributed by atoms with Crippen molar-refractivity contribution in [2.75, 3.05) is 20.1 Å². The van der Waals surface area contributed by atoms with Crippen LogP contribution in [0.1, 0.15) is 33.1 Å². The summed E-state index contributed by atoms with van der Waals surface area (Å²) in [7, 11) is -2.19. The first-order chi connectivity index (χ1) is 10.7. The summed E-state index contributed by atoms with van der Waals surface area (Å²) < 4.78 is 38.6. The highest BCUT2D eigenvalue weighted by molar-refractivity contribution is 7.89. The summed E-state index contributed by atoms with van der Waals surface area (Å²) in [6.07, 6.45) is 1.64. The van der Waals surface area contributed by atoms with Crippen LogP contribution in [0, 0.1) is 11.7 Å². The molecule has 0 unspecified atom stereocenters. The Labute approximate surface area is 137 Å². The van der Waals surface area contributed by atoms with Gasteiger partial charge in [-0.1, -0.05) is 13.8 Å². The lowest BCUT2D eigenvalue weighted by atomic mass is 10.1. The van der Waals surface area contributed by atoms with E-state index in [4.69, 9.17) is 0 Å². The molecule has 23 heavy (non-hydrogen) atoms. The molecule has 0 fully saturated rings. The van der Waals surface area contributed by atoms with Crippen LogP contribution in [0.25, 0.3) is 0 Å². The van der Waals surface area contributed by atoms with E-state index in [0.29, 0.717) is 18.9 Å². The van der Waals surface area contributed by atoms with Gasteiger partial charge >= 0.3 is 0 Å². The van der Waals surface area contributed by atoms with Gasteiger partial charge in [0.25, 0.3) is 0 Å². The molecule has 0 aromatic heterocycles. The van der Waals surface area contributed by atoms with Crippen molar-refractivity contribution >= 4 is 15.9 Å². The molecule has 7 heteroatoms. The number of hydrogen-bond donors (Lipinski definition) is 1. The summed E-state index contributed by atoms with van der Waals surface area (Å²) in [5.41, 5.74) is 0. The van der Waals surface area contributed by atoms with Crippen molar-refractivity contribution in [2.24, 2.45) is 5.92 Å². The molecule has 0 saturated carbocycles. The number of carbonyl (C=O) groups excluding carboxylic acids is 1. The van der Waals surface area contributed by atoms with Gasteiger partial charge in [-0.05, 0) is 43.0 Å². The van der Waals surface area contributed by atoms with Gasteiger partial charge in [0.1, 0.15) is 5.82 Å². The molecule has 0 bridgehead atoms. The zero-order chi connectivity index (χ0) is 17.5. The standard InChI is InChI=1S/C16H25FN2O3S/c1-13(2)10-11-18-16(20)5-4-12-19(3)23(21,22)15-8-6-14(17)7-9-15/h6-9,13H,4-5,10-12H2,1-3H3,(H,18,20). The van der Waals surface area contributed by atoms with Gasteiger partial charge in [-0.3, -0.25) is 4.79 Å². The van der Waals surface area contributed by atoms with Crippen molar-refractivity contribution in [3.63, 3.8) is 0 Å². The Morgan fingerprint density at radius 3 is 2.43 bits per heavy atom. The van der Waals surface area contributed by atoms with Crippen LogP contribution in [0.2, 0.25) is 0 Å². The molecule has 1 aromatic carbocycles. The summed E-state index contributed by atoms with van der Waals surface area (Å²) in [6, 6.07) is 4.70. The average Bonchev–Trinajstić information content (AvgIpc) is 2.47. The van der Waals surface area contributed by atoms with Gasteiger partial charge in [0.15, 0.2) is 0 Å². The van der Waals surface area contributed by atoms with Gasteiger partial charge in [-0.15, -0.1) is 0 Å². The molecule has 0 radical (unpaired) electrons. The maximum Gasteiger partial charge on any atom is 0.242 e. The van der Waals surface area contributed by atoms with Crippen LogP contribution in [0.15, 0.2) is 29.2 Å². The highest BCUT2D eigenvalue weighted by atomic mass is 32.2.